The quantitative estimate of drug-likeness (QED) is 0.617. The summed E-state index contributed by atoms with van der Waals surface area (Å²) < 4.78 is 0. The first kappa shape index (κ1) is 10.4. The van der Waals surface area contributed by atoms with Crippen LogP contribution in [0.4, 0.5) is 0 Å². The van der Waals surface area contributed by atoms with Crippen LogP contribution in [0.25, 0.3) is 0 Å². The van der Waals surface area contributed by atoms with Gasteiger partial charge in [0.1, 0.15) is 0 Å². The first-order valence-corrected chi connectivity index (χ1v) is 4.12. The first-order valence-electron chi connectivity index (χ1n) is 4.12. The van der Waals surface area contributed by atoms with Gasteiger partial charge in [0.25, 0.3) is 0 Å². The van der Waals surface area contributed by atoms with E-state index in [1.54, 1.807) is 0 Å². The smallest absolute Gasteiger partial charge is 0.00396 e. The molecule has 0 rings (SSSR count). The minimum Gasteiger partial charge on any atom is -0.330 e. The van der Waals surface area contributed by atoms with Crippen LogP contribution in [0.2, 0.25) is 0 Å². The summed E-state index contributed by atoms with van der Waals surface area (Å²) >= 11 is 0. The van der Waals surface area contributed by atoms with Gasteiger partial charge in [-0.3, -0.25) is 0 Å². The van der Waals surface area contributed by atoms with Crippen molar-refractivity contribution in [2.45, 2.75) is 27.2 Å². The Kier molecular flexibility index (Phi) is 4.88. The van der Waals surface area contributed by atoms with Crippen molar-refractivity contribution in [1.82, 2.24) is 0 Å². The topological polar surface area (TPSA) is 26.0 Å². The van der Waals surface area contributed by atoms with Crippen LogP contribution in [-0.4, -0.2) is 6.54 Å². The van der Waals surface area contributed by atoms with Gasteiger partial charge in [-0.15, -0.1) is 6.58 Å². The molecule has 0 heterocycles. The lowest BCUT2D eigenvalue weighted by Gasteiger charge is -2.13. The second kappa shape index (κ2) is 5.14. The number of hydrogen-bond donors (Lipinski definition) is 1. The van der Waals surface area contributed by atoms with Gasteiger partial charge < -0.3 is 5.73 Å². The maximum atomic E-state index is 5.49. The van der Waals surface area contributed by atoms with Crippen molar-refractivity contribution in [2.75, 3.05) is 6.54 Å². The van der Waals surface area contributed by atoms with E-state index >= 15 is 0 Å². The minimum atomic E-state index is 0.476. The summed E-state index contributed by atoms with van der Waals surface area (Å²) in [5.41, 5.74) is 8.30. The summed E-state index contributed by atoms with van der Waals surface area (Å²) in [6.45, 7) is 10.9. The van der Waals surface area contributed by atoms with Gasteiger partial charge in [0.15, 0.2) is 0 Å². The van der Waals surface area contributed by atoms with Crippen LogP contribution in [0.15, 0.2) is 23.8 Å². The molecule has 0 aromatic carbocycles. The van der Waals surface area contributed by atoms with Gasteiger partial charge in [-0.1, -0.05) is 24.1 Å². The van der Waals surface area contributed by atoms with E-state index in [-0.39, 0.29) is 0 Å². The van der Waals surface area contributed by atoms with E-state index in [9.17, 15) is 0 Å². The lowest BCUT2D eigenvalue weighted by molar-refractivity contribution is 0.765. The molecule has 0 fully saturated rings. The molecule has 1 atom stereocenters. The molecule has 0 saturated carbocycles. The van der Waals surface area contributed by atoms with E-state index in [1.807, 2.05) is 6.08 Å². The van der Waals surface area contributed by atoms with Crippen LogP contribution in [0.5, 0.6) is 0 Å². The summed E-state index contributed by atoms with van der Waals surface area (Å²) in [7, 11) is 0. The Morgan fingerprint density at radius 2 is 2.09 bits per heavy atom. The highest BCUT2D eigenvalue weighted by molar-refractivity contribution is 5.16. The first-order chi connectivity index (χ1) is 5.13. The molecule has 0 aliphatic carbocycles. The Labute approximate surface area is 70.0 Å². The highest BCUT2D eigenvalue weighted by Gasteiger charge is 2.04. The van der Waals surface area contributed by atoms with Gasteiger partial charge in [-0.2, -0.15) is 0 Å². The summed E-state index contributed by atoms with van der Waals surface area (Å²) in [6.07, 6.45) is 2.97. The van der Waals surface area contributed by atoms with Crippen LogP contribution >= 0.6 is 0 Å². The zero-order valence-electron chi connectivity index (χ0n) is 7.85. The van der Waals surface area contributed by atoms with Crippen molar-refractivity contribution in [3.05, 3.63) is 23.8 Å². The van der Waals surface area contributed by atoms with Crippen molar-refractivity contribution in [3.8, 4) is 0 Å². The van der Waals surface area contributed by atoms with Crippen molar-refractivity contribution in [2.24, 2.45) is 11.7 Å². The van der Waals surface area contributed by atoms with Gasteiger partial charge in [-0.05, 0) is 32.7 Å². The van der Waals surface area contributed by atoms with Crippen molar-refractivity contribution >= 4 is 0 Å². The molecular formula is C10H19N. The Hall–Kier alpha value is -0.560. The van der Waals surface area contributed by atoms with Crippen molar-refractivity contribution in [3.63, 3.8) is 0 Å². The van der Waals surface area contributed by atoms with E-state index in [4.69, 9.17) is 5.73 Å². The van der Waals surface area contributed by atoms with E-state index in [2.05, 4.69) is 27.4 Å². The monoisotopic (exact) mass is 153 g/mol. The van der Waals surface area contributed by atoms with Crippen LogP contribution in [0.3, 0.4) is 0 Å². The number of allylic oxidation sites excluding steroid dienone is 2. The van der Waals surface area contributed by atoms with Crippen LogP contribution in [0.1, 0.15) is 27.2 Å². The third-order valence-electron chi connectivity index (χ3n) is 1.96. The third kappa shape index (κ3) is 3.38. The molecule has 0 aliphatic heterocycles. The van der Waals surface area contributed by atoms with Gasteiger partial charge in [-0.25, -0.2) is 0 Å². The summed E-state index contributed by atoms with van der Waals surface area (Å²) in [5, 5.41) is 0. The van der Waals surface area contributed by atoms with Gasteiger partial charge in [0, 0.05) is 0 Å². The maximum absolute atomic E-state index is 5.49. The predicted molar refractivity (Wildman–Crippen MR) is 51.4 cm³/mol. The molecule has 0 spiro atoms. The summed E-state index contributed by atoms with van der Waals surface area (Å²) in [5.74, 6) is 0.476. The molecular weight excluding hydrogens is 134 g/mol. The summed E-state index contributed by atoms with van der Waals surface area (Å²) in [4.78, 5) is 0. The van der Waals surface area contributed by atoms with Gasteiger partial charge in [0.2, 0.25) is 0 Å². The Balaban J connectivity index is 4.34. The fourth-order valence-corrected chi connectivity index (χ4v) is 1.23. The van der Waals surface area contributed by atoms with E-state index in [1.165, 1.54) is 11.1 Å². The third-order valence-corrected chi connectivity index (χ3v) is 1.96. The fourth-order valence-electron chi connectivity index (χ4n) is 1.23. The molecule has 1 heteroatoms. The zero-order valence-corrected chi connectivity index (χ0v) is 7.85. The number of rotatable bonds is 4. The molecule has 0 aromatic heterocycles. The Bertz CT molecular complexity index is 152. The predicted octanol–water partition coefficient (Wildman–Crippen LogP) is 2.49. The SMILES string of the molecule is C=CC(C)C(CCN)=C(C)C. The van der Waals surface area contributed by atoms with Gasteiger partial charge >= 0.3 is 0 Å². The zero-order chi connectivity index (χ0) is 8.85. The largest absolute Gasteiger partial charge is 0.330 e. The van der Waals surface area contributed by atoms with Crippen LogP contribution in [-0.2, 0) is 0 Å². The second-order valence-corrected chi connectivity index (χ2v) is 3.09. The molecule has 0 aromatic rings. The lowest BCUT2D eigenvalue weighted by atomic mass is 9.94. The van der Waals surface area contributed by atoms with Gasteiger partial charge in [0.05, 0.1) is 0 Å². The average Bonchev–Trinajstić information content (AvgIpc) is 1.98. The molecule has 64 valence electrons. The second-order valence-electron chi connectivity index (χ2n) is 3.09. The molecule has 0 aliphatic rings. The Morgan fingerprint density at radius 1 is 1.55 bits per heavy atom. The molecule has 1 nitrogen and oxygen atoms in total. The van der Waals surface area contributed by atoms with Crippen molar-refractivity contribution in [1.29, 1.82) is 0 Å². The van der Waals surface area contributed by atoms with E-state index < -0.39 is 0 Å². The highest BCUT2D eigenvalue weighted by Crippen LogP contribution is 2.18. The molecule has 1 unspecified atom stereocenters. The molecule has 0 radical (unpaired) electrons. The van der Waals surface area contributed by atoms with E-state index in [0.717, 1.165) is 13.0 Å². The molecule has 0 bridgehead atoms. The normalized spacial score (nSPS) is 12.4. The maximum Gasteiger partial charge on any atom is -0.00396 e. The molecule has 0 amide bonds. The van der Waals surface area contributed by atoms with E-state index in [0.29, 0.717) is 5.92 Å². The lowest BCUT2D eigenvalue weighted by Crippen LogP contribution is -2.06. The number of nitrogens with two attached hydrogens (primary N) is 1. The summed E-state index contributed by atoms with van der Waals surface area (Å²) in [6, 6.07) is 0. The van der Waals surface area contributed by atoms with Crippen LogP contribution < -0.4 is 5.73 Å². The average molecular weight is 153 g/mol. The fraction of sp³-hybridized carbons (Fsp3) is 0.600. The highest BCUT2D eigenvalue weighted by atomic mass is 14.5. The Morgan fingerprint density at radius 3 is 2.36 bits per heavy atom. The minimum absolute atomic E-state index is 0.476. The molecule has 0 saturated heterocycles. The standard InChI is InChI=1S/C10H19N/c1-5-9(4)10(6-7-11)8(2)3/h5,9H,1,6-7,11H2,2-4H3. The van der Waals surface area contributed by atoms with Crippen LogP contribution in [0, 0.1) is 5.92 Å². The van der Waals surface area contributed by atoms with Crippen molar-refractivity contribution < 1.29 is 0 Å². The molecule has 2 N–H and O–H groups in total. The molecule has 11 heavy (non-hydrogen) atoms. The number of hydrogen-bond acceptors (Lipinski definition) is 1.